The predicted octanol–water partition coefficient (Wildman–Crippen LogP) is 3.26. The van der Waals surface area contributed by atoms with Gasteiger partial charge in [0.15, 0.2) is 0 Å². The minimum Gasteiger partial charge on any atom is -0.376 e. The number of amides is 1. The van der Waals surface area contributed by atoms with Gasteiger partial charge in [-0.3, -0.25) is 4.79 Å². The summed E-state index contributed by atoms with van der Waals surface area (Å²) in [6.07, 6.45) is 3.50. The second-order valence-electron chi connectivity index (χ2n) is 4.80. The third-order valence-electron chi connectivity index (χ3n) is 3.39. The van der Waals surface area contributed by atoms with Gasteiger partial charge in [0.1, 0.15) is 0 Å². The molecule has 1 N–H and O–H groups in total. The Kier molecular flexibility index (Phi) is 4.64. The number of halogens is 1. The zero-order chi connectivity index (χ0) is 13.0. The number of carbonyl (C=O) groups excluding carboxylic acids is 1. The van der Waals surface area contributed by atoms with E-state index < -0.39 is 0 Å². The van der Waals surface area contributed by atoms with Crippen LogP contribution in [0.25, 0.3) is 0 Å². The molecule has 1 heterocycles. The summed E-state index contributed by atoms with van der Waals surface area (Å²) in [5.74, 6) is 0.196. The molecule has 1 saturated heterocycles. The first-order valence-electron chi connectivity index (χ1n) is 6.46. The number of hydrogen-bond acceptors (Lipinski definition) is 2. The Morgan fingerprint density at radius 2 is 2.33 bits per heavy atom. The number of carbonyl (C=O) groups is 1. The van der Waals surface area contributed by atoms with Crippen LogP contribution in [0, 0.1) is 0 Å². The van der Waals surface area contributed by atoms with Gasteiger partial charge >= 0.3 is 0 Å². The molecule has 1 unspecified atom stereocenters. The van der Waals surface area contributed by atoms with Crippen LogP contribution >= 0.6 is 15.9 Å². The Morgan fingerprint density at radius 1 is 1.50 bits per heavy atom. The van der Waals surface area contributed by atoms with Crippen LogP contribution in [0.15, 0.2) is 28.7 Å². The lowest BCUT2D eigenvalue weighted by molar-refractivity contribution is -0.132. The summed E-state index contributed by atoms with van der Waals surface area (Å²) in [7, 11) is 0. The molecule has 3 nitrogen and oxygen atoms in total. The topological polar surface area (TPSA) is 32.3 Å². The van der Waals surface area contributed by atoms with Crippen LogP contribution in [-0.4, -0.2) is 29.9 Å². The molecule has 1 aliphatic heterocycles. The van der Waals surface area contributed by atoms with Gasteiger partial charge in [-0.15, -0.1) is 0 Å². The third kappa shape index (κ3) is 3.48. The Labute approximate surface area is 117 Å². The van der Waals surface area contributed by atoms with Gasteiger partial charge in [-0.05, 0) is 44.4 Å². The molecule has 4 heteroatoms. The van der Waals surface area contributed by atoms with Crippen molar-refractivity contribution in [1.82, 2.24) is 4.90 Å². The highest BCUT2D eigenvalue weighted by Gasteiger charge is 2.22. The van der Waals surface area contributed by atoms with Crippen molar-refractivity contribution in [2.45, 2.75) is 32.2 Å². The number of nitrogens with one attached hydrogen (secondary N) is 1. The maximum atomic E-state index is 12.1. The highest BCUT2D eigenvalue weighted by atomic mass is 79.9. The molecule has 1 fully saturated rings. The first-order chi connectivity index (χ1) is 8.66. The zero-order valence-electron chi connectivity index (χ0n) is 10.7. The summed E-state index contributed by atoms with van der Waals surface area (Å²) in [5, 5.41) is 3.18. The number of likely N-dealkylation sites (tertiary alicyclic amines) is 1. The molecule has 0 aliphatic carbocycles. The average molecular weight is 311 g/mol. The number of benzene rings is 1. The molecule has 0 saturated carbocycles. The number of rotatable bonds is 3. The smallest absolute Gasteiger partial charge is 0.242 e. The van der Waals surface area contributed by atoms with Crippen LogP contribution in [0.5, 0.6) is 0 Å². The lowest BCUT2D eigenvalue weighted by Crippen LogP contribution is -2.44. The molecule has 0 aromatic heterocycles. The van der Waals surface area contributed by atoms with E-state index in [4.69, 9.17) is 0 Å². The van der Waals surface area contributed by atoms with Crippen LogP contribution in [-0.2, 0) is 4.79 Å². The summed E-state index contributed by atoms with van der Waals surface area (Å²) in [4.78, 5) is 14.1. The maximum absolute atomic E-state index is 12.1. The highest BCUT2D eigenvalue weighted by Crippen LogP contribution is 2.18. The molecule has 1 aromatic carbocycles. The van der Waals surface area contributed by atoms with E-state index in [1.54, 1.807) is 0 Å². The van der Waals surface area contributed by atoms with Crippen LogP contribution in [0.2, 0.25) is 0 Å². The van der Waals surface area contributed by atoms with E-state index in [2.05, 4.69) is 28.2 Å². The largest absolute Gasteiger partial charge is 0.376 e. The molecular weight excluding hydrogens is 292 g/mol. The van der Waals surface area contributed by atoms with Crippen molar-refractivity contribution in [3.05, 3.63) is 28.7 Å². The quantitative estimate of drug-likeness (QED) is 0.929. The van der Waals surface area contributed by atoms with Gasteiger partial charge in [0.2, 0.25) is 5.91 Å². The van der Waals surface area contributed by atoms with Crippen LogP contribution < -0.4 is 5.32 Å². The van der Waals surface area contributed by atoms with Crippen molar-refractivity contribution in [3.63, 3.8) is 0 Å². The maximum Gasteiger partial charge on any atom is 0.242 e. The summed E-state index contributed by atoms with van der Waals surface area (Å²) in [5.41, 5.74) is 0.974. The zero-order valence-corrected chi connectivity index (χ0v) is 12.2. The number of piperidine rings is 1. The van der Waals surface area contributed by atoms with E-state index in [9.17, 15) is 4.79 Å². The number of hydrogen-bond donors (Lipinski definition) is 1. The van der Waals surface area contributed by atoms with Crippen molar-refractivity contribution < 1.29 is 4.79 Å². The summed E-state index contributed by atoms with van der Waals surface area (Å²) in [6, 6.07) is 8.26. The first kappa shape index (κ1) is 13.4. The van der Waals surface area contributed by atoms with Gasteiger partial charge in [0.05, 0.1) is 6.54 Å². The second kappa shape index (κ2) is 6.23. The van der Waals surface area contributed by atoms with Crippen LogP contribution in [0.1, 0.15) is 26.2 Å². The minimum absolute atomic E-state index is 0.196. The lowest BCUT2D eigenvalue weighted by atomic mass is 10.0. The normalized spacial score (nSPS) is 19.7. The van der Waals surface area contributed by atoms with E-state index in [1.807, 2.05) is 29.2 Å². The number of anilines is 1. The van der Waals surface area contributed by atoms with E-state index in [1.165, 1.54) is 6.42 Å². The van der Waals surface area contributed by atoms with Gasteiger partial charge in [0, 0.05) is 22.7 Å². The summed E-state index contributed by atoms with van der Waals surface area (Å²) >= 11 is 3.42. The summed E-state index contributed by atoms with van der Waals surface area (Å²) < 4.78 is 1.02. The van der Waals surface area contributed by atoms with E-state index >= 15 is 0 Å². The minimum atomic E-state index is 0.196. The van der Waals surface area contributed by atoms with Gasteiger partial charge in [-0.2, -0.15) is 0 Å². The average Bonchev–Trinajstić information content (AvgIpc) is 2.37. The first-order valence-corrected chi connectivity index (χ1v) is 7.25. The SMILES string of the molecule is CC1CCCCN1C(=O)CNc1cccc(Br)c1. The van der Waals surface area contributed by atoms with Crippen molar-refractivity contribution in [3.8, 4) is 0 Å². The predicted molar refractivity (Wildman–Crippen MR) is 77.7 cm³/mol. The monoisotopic (exact) mass is 310 g/mol. The molecule has 1 amide bonds. The fourth-order valence-corrected chi connectivity index (χ4v) is 2.75. The second-order valence-corrected chi connectivity index (χ2v) is 5.71. The van der Waals surface area contributed by atoms with Crippen LogP contribution in [0.4, 0.5) is 5.69 Å². The molecule has 0 spiro atoms. The Bertz CT molecular complexity index is 422. The molecule has 98 valence electrons. The van der Waals surface area contributed by atoms with Crippen LogP contribution in [0.3, 0.4) is 0 Å². The molecule has 0 radical (unpaired) electrons. The number of nitrogens with zero attached hydrogens (tertiary/aromatic N) is 1. The van der Waals surface area contributed by atoms with Gasteiger partial charge in [0.25, 0.3) is 0 Å². The van der Waals surface area contributed by atoms with Gasteiger partial charge in [-0.1, -0.05) is 22.0 Å². The van der Waals surface area contributed by atoms with Gasteiger partial charge < -0.3 is 10.2 Å². The van der Waals surface area contributed by atoms with E-state index in [-0.39, 0.29) is 5.91 Å². The molecule has 1 atom stereocenters. The Hall–Kier alpha value is -1.03. The molecule has 2 rings (SSSR count). The van der Waals surface area contributed by atoms with Gasteiger partial charge in [-0.25, -0.2) is 0 Å². The Morgan fingerprint density at radius 3 is 3.06 bits per heavy atom. The van der Waals surface area contributed by atoms with Crippen molar-refractivity contribution in [2.75, 3.05) is 18.4 Å². The lowest BCUT2D eigenvalue weighted by Gasteiger charge is -2.33. The van der Waals surface area contributed by atoms with E-state index in [0.29, 0.717) is 12.6 Å². The highest BCUT2D eigenvalue weighted by molar-refractivity contribution is 9.10. The van der Waals surface area contributed by atoms with Crippen molar-refractivity contribution in [1.29, 1.82) is 0 Å². The van der Waals surface area contributed by atoms with Crippen molar-refractivity contribution in [2.24, 2.45) is 0 Å². The molecular formula is C14H19BrN2O. The third-order valence-corrected chi connectivity index (χ3v) is 3.88. The van der Waals surface area contributed by atoms with E-state index in [0.717, 1.165) is 29.5 Å². The Balaban J connectivity index is 1.88. The fourth-order valence-electron chi connectivity index (χ4n) is 2.35. The molecule has 1 aliphatic rings. The standard InChI is InChI=1S/C14H19BrN2O/c1-11-5-2-3-8-17(11)14(18)10-16-13-7-4-6-12(15)9-13/h4,6-7,9,11,16H,2-3,5,8,10H2,1H3. The molecule has 0 bridgehead atoms. The molecule has 18 heavy (non-hydrogen) atoms. The molecule has 1 aromatic rings. The summed E-state index contributed by atoms with van der Waals surface area (Å²) in [6.45, 7) is 3.41. The van der Waals surface area contributed by atoms with Crippen molar-refractivity contribution >= 4 is 27.5 Å². The fraction of sp³-hybridized carbons (Fsp3) is 0.500.